The van der Waals surface area contributed by atoms with Gasteiger partial charge in [0.1, 0.15) is 0 Å². The van der Waals surface area contributed by atoms with Crippen molar-refractivity contribution in [2.24, 2.45) is 0 Å². The van der Waals surface area contributed by atoms with Crippen molar-refractivity contribution in [3.8, 4) is 0 Å². The van der Waals surface area contributed by atoms with E-state index in [1.54, 1.807) is 31.2 Å². The van der Waals surface area contributed by atoms with Crippen molar-refractivity contribution < 1.29 is 9.59 Å². The van der Waals surface area contributed by atoms with Crippen LogP contribution in [0.5, 0.6) is 0 Å². The maximum absolute atomic E-state index is 12.5. The van der Waals surface area contributed by atoms with Crippen LogP contribution in [-0.2, 0) is 4.79 Å². The Morgan fingerprint density at radius 2 is 1.86 bits per heavy atom. The summed E-state index contributed by atoms with van der Waals surface area (Å²) in [6.07, 6.45) is 3.78. The Balaban J connectivity index is 2.20. The first-order valence-electron chi connectivity index (χ1n) is 6.87. The van der Waals surface area contributed by atoms with Gasteiger partial charge in [0.15, 0.2) is 10.9 Å². The molecule has 2 aromatic rings. The van der Waals surface area contributed by atoms with E-state index in [4.69, 9.17) is 5.73 Å². The minimum absolute atomic E-state index is 0.0851. The molecule has 0 aromatic heterocycles. The molecular formula is C18H17NO2S. The molecule has 0 heterocycles. The molecule has 0 aliphatic heterocycles. The zero-order valence-electron chi connectivity index (χ0n) is 12.3. The van der Waals surface area contributed by atoms with E-state index >= 15 is 0 Å². The molecule has 112 valence electrons. The SMILES string of the molecule is CC(=O)SCC=Cc1ccc(N)c(C(=O)c2ccccc2)c1. The maximum atomic E-state index is 12.5. The second kappa shape index (κ2) is 7.61. The maximum Gasteiger partial charge on any atom is 0.195 e. The fourth-order valence-electron chi connectivity index (χ4n) is 1.97. The van der Waals surface area contributed by atoms with E-state index in [9.17, 15) is 9.59 Å². The van der Waals surface area contributed by atoms with Gasteiger partial charge in [0, 0.05) is 29.5 Å². The normalized spacial score (nSPS) is 10.8. The highest BCUT2D eigenvalue weighted by atomic mass is 32.2. The van der Waals surface area contributed by atoms with Crippen molar-refractivity contribution in [3.05, 3.63) is 71.3 Å². The lowest BCUT2D eigenvalue weighted by molar-refractivity contribution is -0.109. The summed E-state index contributed by atoms with van der Waals surface area (Å²) >= 11 is 1.24. The van der Waals surface area contributed by atoms with Gasteiger partial charge in [-0.05, 0) is 17.7 Å². The number of rotatable bonds is 5. The number of benzene rings is 2. The summed E-state index contributed by atoms with van der Waals surface area (Å²) in [4.78, 5) is 23.4. The van der Waals surface area contributed by atoms with Crippen LogP contribution in [0.4, 0.5) is 5.69 Å². The molecule has 0 radical (unpaired) electrons. The molecule has 0 bridgehead atoms. The fraction of sp³-hybridized carbons (Fsp3) is 0.111. The van der Waals surface area contributed by atoms with Gasteiger partial charge in [-0.3, -0.25) is 9.59 Å². The number of carbonyl (C=O) groups excluding carboxylic acids is 2. The van der Waals surface area contributed by atoms with E-state index in [-0.39, 0.29) is 10.9 Å². The van der Waals surface area contributed by atoms with Crippen LogP contribution in [0.2, 0.25) is 0 Å². The van der Waals surface area contributed by atoms with Crippen LogP contribution in [-0.4, -0.2) is 16.7 Å². The number of ketones is 1. The lowest BCUT2D eigenvalue weighted by Gasteiger charge is -2.06. The Kier molecular flexibility index (Phi) is 5.55. The van der Waals surface area contributed by atoms with Gasteiger partial charge in [0.25, 0.3) is 0 Å². The number of hydrogen-bond donors (Lipinski definition) is 1. The van der Waals surface area contributed by atoms with Crippen LogP contribution in [0.15, 0.2) is 54.6 Å². The molecule has 0 spiro atoms. The highest BCUT2D eigenvalue weighted by molar-refractivity contribution is 8.13. The summed E-state index contributed by atoms with van der Waals surface area (Å²) in [7, 11) is 0. The molecular weight excluding hydrogens is 294 g/mol. The van der Waals surface area contributed by atoms with Crippen LogP contribution in [0.3, 0.4) is 0 Å². The van der Waals surface area contributed by atoms with E-state index in [2.05, 4.69) is 0 Å². The molecule has 0 unspecified atom stereocenters. The molecule has 22 heavy (non-hydrogen) atoms. The van der Waals surface area contributed by atoms with Crippen LogP contribution in [0, 0.1) is 0 Å². The minimum atomic E-state index is -0.0912. The summed E-state index contributed by atoms with van der Waals surface area (Å²) in [6.45, 7) is 1.54. The standard InChI is InChI=1S/C18H17NO2S/c1-13(20)22-11-5-6-14-9-10-17(19)16(12-14)18(21)15-7-3-2-4-8-15/h2-10,12H,11,19H2,1H3. The van der Waals surface area contributed by atoms with Crippen LogP contribution in [0.1, 0.15) is 28.4 Å². The Morgan fingerprint density at radius 1 is 1.14 bits per heavy atom. The van der Waals surface area contributed by atoms with E-state index in [1.165, 1.54) is 11.8 Å². The van der Waals surface area contributed by atoms with Crippen LogP contribution < -0.4 is 5.73 Å². The zero-order chi connectivity index (χ0) is 15.9. The monoisotopic (exact) mass is 311 g/mol. The lowest BCUT2D eigenvalue weighted by atomic mass is 9.99. The Bertz CT molecular complexity index is 708. The van der Waals surface area contributed by atoms with Crippen molar-refractivity contribution in [2.75, 3.05) is 11.5 Å². The van der Waals surface area contributed by atoms with Crippen molar-refractivity contribution in [1.82, 2.24) is 0 Å². The summed E-state index contributed by atoms with van der Waals surface area (Å²) in [6, 6.07) is 14.4. The molecule has 0 atom stereocenters. The van der Waals surface area contributed by atoms with Crippen molar-refractivity contribution in [2.45, 2.75) is 6.92 Å². The van der Waals surface area contributed by atoms with Crippen LogP contribution >= 0.6 is 11.8 Å². The summed E-state index contributed by atoms with van der Waals surface area (Å²) < 4.78 is 0. The number of thioether (sulfide) groups is 1. The molecule has 0 aliphatic rings. The van der Waals surface area contributed by atoms with Gasteiger partial charge in [0.2, 0.25) is 0 Å². The van der Waals surface area contributed by atoms with Gasteiger partial charge in [-0.15, -0.1) is 0 Å². The molecule has 0 saturated heterocycles. The van der Waals surface area contributed by atoms with Gasteiger partial charge < -0.3 is 5.73 Å². The Morgan fingerprint density at radius 3 is 2.55 bits per heavy atom. The minimum Gasteiger partial charge on any atom is -0.398 e. The second-order valence-electron chi connectivity index (χ2n) is 4.75. The summed E-state index contributed by atoms with van der Waals surface area (Å²) in [5, 5.41) is 0.0851. The first-order valence-corrected chi connectivity index (χ1v) is 7.85. The third kappa shape index (κ3) is 4.33. The largest absolute Gasteiger partial charge is 0.398 e. The van der Waals surface area contributed by atoms with Gasteiger partial charge in [-0.1, -0.05) is 60.3 Å². The van der Waals surface area contributed by atoms with Gasteiger partial charge in [-0.25, -0.2) is 0 Å². The smallest absolute Gasteiger partial charge is 0.195 e. The zero-order valence-corrected chi connectivity index (χ0v) is 13.1. The topological polar surface area (TPSA) is 60.2 Å². The first kappa shape index (κ1) is 16.0. The number of anilines is 1. The van der Waals surface area contributed by atoms with E-state index in [0.29, 0.717) is 22.6 Å². The van der Waals surface area contributed by atoms with E-state index in [1.807, 2.05) is 36.4 Å². The highest BCUT2D eigenvalue weighted by Gasteiger charge is 2.12. The van der Waals surface area contributed by atoms with Gasteiger partial charge in [-0.2, -0.15) is 0 Å². The van der Waals surface area contributed by atoms with E-state index in [0.717, 1.165) is 5.56 Å². The fourth-order valence-corrected chi connectivity index (χ4v) is 2.40. The number of nitrogen functional groups attached to an aromatic ring is 1. The quantitative estimate of drug-likeness (QED) is 0.674. The summed E-state index contributed by atoms with van der Waals surface area (Å²) in [5.41, 5.74) is 8.38. The van der Waals surface area contributed by atoms with Crippen molar-refractivity contribution >= 4 is 34.4 Å². The lowest BCUT2D eigenvalue weighted by Crippen LogP contribution is -2.05. The first-order chi connectivity index (χ1) is 10.6. The number of carbonyl (C=O) groups is 2. The number of nitrogens with two attached hydrogens (primary N) is 1. The molecule has 2 N–H and O–H groups in total. The van der Waals surface area contributed by atoms with Crippen molar-refractivity contribution in [1.29, 1.82) is 0 Å². The summed E-state index contributed by atoms with van der Waals surface area (Å²) in [5.74, 6) is 0.522. The Labute approximate surface area is 134 Å². The van der Waals surface area contributed by atoms with Crippen molar-refractivity contribution in [3.63, 3.8) is 0 Å². The molecule has 3 nitrogen and oxygen atoms in total. The van der Waals surface area contributed by atoms with Gasteiger partial charge >= 0.3 is 0 Å². The average Bonchev–Trinajstić information content (AvgIpc) is 2.53. The van der Waals surface area contributed by atoms with E-state index < -0.39 is 0 Å². The average molecular weight is 311 g/mol. The number of hydrogen-bond acceptors (Lipinski definition) is 4. The predicted molar refractivity (Wildman–Crippen MR) is 92.9 cm³/mol. The highest BCUT2D eigenvalue weighted by Crippen LogP contribution is 2.19. The van der Waals surface area contributed by atoms with Gasteiger partial charge in [0.05, 0.1) is 0 Å². The van der Waals surface area contributed by atoms with Crippen LogP contribution in [0.25, 0.3) is 6.08 Å². The third-order valence-electron chi connectivity index (χ3n) is 3.05. The molecule has 0 amide bonds. The molecule has 2 aromatic carbocycles. The third-order valence-corrected chi connectivity index (χ3v) is 3.82. The second-order valence-corrected chi connectivity index (χ2v) is 5.94. The predicted octanol–water partition coefficient (Wildman–Crippen LogP) is 3.79. The molecule has 4 heteroatoms. The molecule has 0 saturated carbocycles. The molecule has 0 aliphatic carbocycles. The molecule has 2 rings (SSSR count). The Hall–Kier alpha value is -2.33. The molecule has 0 fully saturated rings.